The number of anilines is 1. The summed E-state index contributed by atoms with van der Waals surface area (Å²) in [4.78, 5) is 29.8. The molecular weight excluding hydrogens is 245 g/mol. The highest BCUT2D eigenvalue weighted by Crippen LogP contribution is 2.27. The molecule has 0 saturated heterocycles. The molecule has 1 amide bonds. The number of methoxy groups -OCH3 is 1. The van der Waals surface area contributed by atoms with Gasteiger partial charge in [0.15, 0.2) is 0 Å². The molecule has 1 heterocycles. The number of carbonyl (C=O) groups excluding carboxylic acids is 2. The number of hydrogen-bond acceptors (Lipinski definition) is 6. The van der Waals surface area contributed by atoms with Crippen LogP contribution < -0.4 is 10.1 Å². The molecule has 0 aliphatic carbocycles. The van der Waals surface area contributed by atoms with Gasteiger partial charge in [-0.25, -0.2) is 0 Å². The molecule has 0 atom stereocenters. The van der Waals surface area contributed by atoms with Crippen LogP contribution in [0.5, 0.6) is 6.01 Å². The molecule has 1 N–H and O–H groups in total. The maximum absolute atomic E-state index is 12.3. The van der Waals surface area contributed by atoms with Crippen LogP contribution in [0.2, 0.25) is 0 Å². The van der Waals surface area contributed by atoms with Crippen LogP contribution in [0, 0.1) is 0 Å². The maximum atomic E-state index is 12.3. The largest absolute Gasteiger partial charge is 0.467 e. The van der Waals surface area contributed by atoms with E-state index in [2.05, 4.69) is 19.7 Å². The van der Waals surface area contributed by atoms with Crippen LogP contribution in [0.4, 0.5) is 19.1 Å². The fraction of sp³-hybridized carbons (Fsp3) is 0.286. The van der Waals surface area contributed by atoms with Gasteiger partial charge in [-0.3, -0.25) is 14.9 Å². The van der Waals surface area contributed by atoms with Gasteiger partial charge in [-0.15, -0.1) is 0 Å². The molecule has 0 aromatic carbocycles. The predicted molar refractivity (Wildman–Crippen MR) is 46.1 cm³/mol. The number of nitrogens with one attached hydrogen (secondary N) is 1. The average molecular weight is 250 g/mol. The van der Waals surface area contributed by atoms with E-state index >= 15 is 0 Å². The number of ether oxygens (including phenoxy) is 1. The van der Waals surface area contributed by atoms with E-state index in [1.807, 2.05) is 0 Å². The van der Waals surface area contributed by atoms with Gasteiger partial charge in [0.25, 0.3) is 5.91 Å². The Bertz CT molecular complexity index is 448. The Balaban J connectivity index is 3.14. The van der Waals surface area contributed by atoms with Crippen molar-refractivity contribution < 1.29 is 27.5 Å². The minimum atomic E-state index is -4.82. The monoisotopic (exact) mass is 250 g/mol. The van der Waals surface area contributed by atoms with E-state index in [0.29, 0.717) is 0 Å². The Morgan fingerprint density at radius 2 is 2.00 bits per heavy atom. The molecule has 0 spiro atoms. The summed E-state index contributed by atoms with van der Waals surface area (Å²) in [5, 5.41) is 1.73. The van der Waals surface area contributed by atoms with Crippen LogP contribution in [0.3, 0.4) is 0 Å². The molecule has 0 bridgehead atoms. The number of nitrogens with zero attached hydrogens (tertiary/aromatic N) is 3. The van der Waals surface area contributed by atoms with Gasteiger partial charge in [0.1, 0.15) is 0 Å². The number of aldehydes is 1. The first kappa shape index (κ1) is 12.8. The van der Waals surface area contributed by atoms with Crippen LogP contribution in [0.15, 0.2) is 0 Å². The van der Waals surface area contributed by atoms with Crippen LogP contribution >= 0.6 is 0 Å². The lowest BCUT2D eigenvalue weighted by molar-refractivity contribution is -0.145. The summed E-state index contributed by atoms with van der Waals surface area (Å²) < 4.78 is 41.3. The van der Waals surface area contributed by atoms with E-state index < -0.39 is 29.9 Å². The lowest BCUT2D eigenvalue weighted by atomic mass is 10.6. The third-order valence-electron chi connectivity index (χ3n) is 1.39. The maximum Gasteiger partial charge on any atom is 0.451 e. The molecule has 7 nitrogen and oxygen atoms in total. The van der Waals surface area contributed by atoms with E-state index in [4.69, 9.17) is 0 Å². The smallest absolute Gasteiger partial charge is 0.451 e. The zero-order valence-corrected chi connectivity index (χ0v) is 8.28. The zero-order valence-electron chi connectivity index (χ0n) is 8.28. The van der Waals surface area contributed by atoms with Gasteiger partial charge in [0.05, 0.1) is 7.11 Å². The predicted octanol–water partition coefficient (Wildman–Crippen LogP) is 0.0364. The summed E-state index contributed by atoms with van der Waals surface area (Å²) in [6, 6.07) is -0.631. The van der Waals surface area contributed by atoms with Gasteiger partial charge >= 0.3 is 12.2 Å². The van der Waals surface area contributed by atoms with Crippen molar-refractivity contribution in [3.63, 3.8) is 0 Å². The number of hydrogen-bond donors (Lipinski definition) is 1. The Morgan fingerprint density at radius 3 is 2.47 bits per heavy atom. The number of carbonyl (C=O) groups is 2. The van der Waals surface area contributed by atoms with Gasteiger partial charge in [-0.05, 0) is 0 Å². The van der Waals surface area contributed by atoms with Gasteiger partial charge in [-0.2, -0.15) is 28.1 Å². The molecular formula is C7H5F3N4O3. The van der Waals surface area contributed by atoms with Gasteiger partial charge < -0.3 is 4.74 Å². The third kappa shape index (κ3) is 3.36. The summed E-state index contributed by atoms with van der Waals surface area (Å²) >= 11 is 0. The first-order valence-corrected chi connectivity index (χ1v) is 4.00. The third-order valence-corrected chi connectivity index (χ3v) is 1.39. The lowest BCUT2D eigenvalue weighted by Gasteiger charge is -2.07. The Hall–Kier alpha value is -2.26. The first-order valence-electron chi connectivity index (χ1n) is 4.00. The fourth-order valence-electron chi connectivity index (χ4n) is 0.770. The van der Waals surface area contributed by atoms with E-state index in [1.54, 1.807) is 5.32 Å². The van der Waals surface area contributed by atoms with Crippen molar-refractivity contribution >= 4 is 18.1 Å². The lowest BCUT2D eigenvalue weighted by Crippen LogP contribution is -2.19. The highest BCUT2D eigenvalue weighted by atomic mass is 19.4. The van der Waals surface area contributed by atoms with E-state index in [9.17, 15) is 22.8 Å². The summed E-state index contributed by atoms with van der Waals surface area (Å²) in [6.45, 7) is 0. The van der Waals surface area contributed by atoms with Crippen LogP contribution in [0.25, 0.3) is 0 Å². The average Bonchev–Trinajstić information content (AvgIpc) is 2.27. The van der Waals surface area contributed by atoms with E-state index in [0.717, 1.165) is 7.11 Å². The van der Waals surface area contributed by atoms with Crippen molar-refractivity contribution in [1.29, 1.82) is 0 Å². The molecule has 0 aliphatic heterocycles. The summed E-state index contributed by atoms with van der Waals surface area (Å²) in [5.74, 6) is -3.45. The van der Waals surface area contributed by atoms with Crippen LogP contribution in [-0.4, -0.2) is 34.3 Å². The van der Waals surface area contributed by atoms with Gasteiger partial charge in [0, 0.05) is 0 Å². The fourth-order valence-corrected chi connectivity index (χ4v) is 0.770. The Kier molecular flexibility index (Phi) is 3.55. The van der Waals surface area contributed by atoms with Crippen LogP contribution in [0.1, 0.15) is 5.82 Å². The quantitative estimate of drug-likeness (QED) is 0.601. The van der Waals surface area contributed by atoms with Crippen LogP contribution in [-0.2, 0) is 15.8 Å². The van der Waals surface area contributed by atoms with Crippen molar-refractivity contribution in [2.24, 2.45) is 0 Å². The zero-order chi connectivity index (χ0) is 13.1. The van der Waals surface area contributed by atoms with E-state index in [-0.39, 0.29) is 6.29 Å². The summed E-state index contributed by atoms with van der Waals surface area (Å²) in [5.41, 5.74) is 0. The second-order valence-electron chi connectivity index (χ2n) is 2.57. The molecule has 92 valence electrons. The molecule has 1 aromatic rings. The molecule has 0 radical (unpaired) electrons. The van der Waals surface area contributed by atoms with Crippen molar-refractivity contribution in [2.75, 3.05) is 12.4 Å². The Labute approximate surface area is 92.0 Å². The van der Waals surface area contributed by atoms with Crippen molar-refractivity contribution in [3.05, 3.63) is 5.82 Å². The second-order valence-corrected chi connectivity index (χ2v) is 2.57. The number of aromatic nitrogens is 3. The van der Waals surface area contributed by atoms with Crippen molar-refractivity contribution in [3.8, 4) is 6.01 Å². The highest BCUT2D eigenvalue weighted by molar-refractivity contribution is 6.29. The highest BCUT2D eigenvalue weighted by Gasteiger charge is 2.36. The van der Waals surface area contributed by atoms with E-state index in [1.165, 1.54) is 0 Å². The topological polar surface area (TPSA) is 94.1 Å². The standard InChI is InChI=1S/C7H5F3N4O3/c1-17-6-13-4(7(8,9)10)12-5(14-6)11-3(16)2-15/h2H,1H3,(H,11,12,13,14,16). The number of halogens is 3. The molecule has 10 heteroatoms. The molecule has 1 aromatic heterocycles. The summed E-state index contributed by atoms with van der Waals surface area (Å²) in [6.07, 6.45) is -4.96. The molecule has 17 heavy (non-hydrogen) atoms. The molecule has 0 saturated carbocycles. The number of alkyl halides is 3. The van der Waals surface area contributed by atoms with Crippen molar-refractivity contribution in [1.82, 2.24) is 15.0 Å². The minimum absolute atomic E-state index is 0.135. The molecule has 0 aliphatic rings. The SMILES string of the molecule is COc1nc(NC(=O)C=O)nc(C(F)(F)F)n1. The second kappa shape index (κ2) is 4.72. The normalized spacial score (nSPS) is 10.8. The first-order chi connectivity index (χ1) is 7.86. The minimum Gasteiger partial charge on any atom is -0.467 e. The van der Waals surface area contributed by atoms with Gasteiger partial charge in [0.2, 0.25) is 18.1 Å². The van der Waals surface area contributed by atoms with Crippen molar-refractivity contribution in [2.45, 2.75) is 6.18 Å². The number of amides is 1. The van der Waals surface area contributed by atoms with Gasteiger partial charge in [-0.1, -0.05) is 0 Å². The molecule has 0 fully saturated rings. The summed E-state index contributed by atoms with van der Waals surface area (Å²) in [7, 11) is 1.04. The number of rotatable bonds is 3. The molecule has 1 rings (SSSR count). The molecule has 0 unspecified atom stereocenters. The Morgan fingerprint density at radius 1 is 1.35 bits per heavy atom.